The van der Waals surface area contributed by atoms with Crippen LogP contribution in [0.15, 0.2) is 23.0 Å². The summed E-state index contributed by atoms with van der Waals surface area (Å²) in [6.07, 6.45) is -0.181. The second kappa shape index (κ2) is 7.10. The number of aliphatic carboxylic acids is 1. The molecule has 0 bridgehead atoms. The zero-order valence-corrected chi connectivity index (χ0v) is 13.4. The molecule has 0 aliphatic heterocycles. The molecule has 2 N–H and O–H groups in total. The van der Waals surface area contributed by atoms with Crippen LogP contribution in [-0.4, -0.2) is 37.7 Å². The zero-order chi connectivity index (χ0) is 17.0. The molecule has 7 nitrogen and oxygen atoms in total. The van der Waals surface area contributed by atoms with Crippen LogP contribution in [0.1, 0.15) is 16.1 Å². The van der Waals surface area contributed by atoms with Crippen molar-refractivity contribution in [3.63, 3.8) is 0 Å². The number of methoxy groups -OCH3 is 2. The first-order valence-corrected chi connectivity index (χ1v) is 7.48. The number of hydrogen-bond donors (Lipinski definition) is 2. The summed E-state index contributed by atoms with van der Waals surface area (Å²) in [7, 11) is 2.91. The van der Waals surface area contributed by atoms with Crippen LogP contribution in [0.25, 0.3) is 10.8 Å². The van der Waals surface area contributed by atoms with Crippen molar-refractivity contribution in [3.05, 3.63) is 32.6 Å². The third-order valence-corrected chi connectivity index (χ3v) is 4.03. The van der Waals surface area contributed by atoms with Gasteiger partial charge in [0, 0.05) is 6.54 Å². The molecule has 0 spiro atoms. The van der Waals surface area contributed by atoms with Gasteiger partial charge >= 0.3 is 5.97 Å². The van der Waals surface area contributed by atoms with E-state index < -0.39 is 11.9 Å². The summed E-state index contributed by atoms with van der Waals surface area (Å²) in [5, 5.41) is 11.9. The smallest absolute Gasteiger partial charge is 0.305 e. The minimum absolute atomic E-state index is 0.000945. The van der Waals surface area contributed by atoms with Gasteiger partial charge < -0.3 is 19.9 Å². The molecule has 23 heavy (non-hydrogen) atoms. The van der Waals surface area contributed by atoms with Gasteiger partial charge in [-0.3, -0.25) is 14.4 Å². The number of rotatable bonds is 6. The summed E-state index contributed by atoms with van der Waals surface area (Å²) in [6, 6.07) is 4.88. The zero-order valence-electron chi connectivity index (χ0n) is 12.5. The number of carbonyl (C=O) groups is 2. The van der Waals surface area contributed by atoms with Crippen molar-refractivity contribution in [2.24, 2.45) is 0 Å². The number of nitrogens with one attached hydrogen (secondary N) is 1. The molecule has 0 unspecified atom stereocenters. The first-order chi connectivity index (χ1) is 11.0. The van der Waals surface area contributed by atoms with Crippen molar-refractivity contribution in [3.8, 4) is 11.5 Å². The summed E-state index contributed by atoms with van der Waals surface area (Å²) in [5.74, 6) is -0.731. The normalized spacial score (nSPS) is 10.3. The van der Waals surface area contributed by atoms with E-state index in [-0.39, 0.29) is 22.6 Å². The Hall–Kier alpha value is -2.61. The number of carbonyl (C=O) groups excluding carboxylic acids is 1. The van der Waals surface area contributed by atoms with Crippen molar-refractivity contribution in [2.75, 3.05) is 20.8 Å². The second-order valence-electron chi connectivity index (χ2n) is 4.56. The number of hydrogen-bond acceptors (Lipinski definition) is 6. The number of carboxylic acids is 1. The summed E-state index contributed by atoms with van der Waals surface area (Å²) < 4.78 is 10.1. The highest BCUT2D eigenvalue weighted by atomic mass is 32.1. The maximum atomic E-state index is 12.3. The van der Waals surface area contributed by atoms with Gasteiger partial charge in [0.1, 0.15) is 0 Å². The molecule has 1 heterocycles. The fourth-order valence-electron chi connectivity index (χ4n) is 2.08. The molecule has 0 radical (unpaired) electrons. The van der Waals surface area contributed by atoms with Gasteiger partial charge in [-0.25, -0.2) is 0 Å². The molecule has 0 saturated heterocycles. The maximum Gasteiger partial charge on any atom is 0.305 e. The molecular weight excluding hydrogens is 322 g/mol. The first-order valence-electron chi connectivity index (χ1n) is 6.66. The Kier molecular flexibility index (Phi) is 5.17. The Balaban J connectivity index is 2.41. The highest BCUT2D eigenvalue weighted by Crippen LogP contribution is 2.34. The lowest BCUT2D eigenvalue weighted by atomic mass is 10.1. The van der Waals surface area contributed by atoms with Gasteiger partial charge in [0.15, 0.2) is 11.5 Å². The summed E-state index contributed by atoms with van der Waals surface area (Å²) >= 11 is 0.772. The molecule has 2 aromatic rings. The summed E-state index contributed by atoms with van der Waals surface area (Å²) in [6.45, 7) is -0.000945. The van der Waals surface area contributed by atoms with Gasteiger partial charge in [-0.15, -0.1) is 0 Å². The first kappa shape index (κ1) is 16.8. The van der Waals surface area contributed by atoms with Crippen LogP contribution < -0.4 is 19.5 Å². The Morgan fingerprint density at radius 1 is 1.26 bits per heavy atom. The highest BCUT2D eigenvalue weighted by molar-refractivity contribution is 7.12. The molecule has 1 aromatic heterocycles. The molecule has 0 aliphatic carbocycles. The van der Waals surface area contributed by atoms with E-state index in [0.29, 0.717) is 22.3 Å². The average Bonchev–Trinajstić information content (AvgIpc) is 2.52. The number of benzene rings is 1. The monoisotopic (exact) mass is 337 g/mol. The van der Waals surface area contributed by atoms with E-state index in [1.54, 1.807) is 18.2 Å². The highest BCUT2D eigenvalue weighted by Gasteiger charge is 2.16. The fraction of sp³-hybridized carbons (Fsp3) is 0.267. The SMILES string of the molecule is COc1ccc2cc(C(=O)NCCC(=O)O)sc(=O)c2c1OC. The summed E-state index contributed by atoms with van der Waals surface area (Å²) in [5.41, 5.74) is 0. The van der Waals surface area contributed by atoms with E-state index in [1.165, 1.54) is 14.2 Å². The van der Waals surface area contributed by atoms with Crippen LogP contribution in [0, 0.1) is 0 Å². The van der Waals surface area contributed by atoms with Crippen molar-refractivity contribution < 1.29 is 24.2 Å². The quantitative estimate of drug-likeness (QED) is 0.828. The Morgan fingerprint density at radius 3 is 2.61 bits per heavy atom. The average molecular weight is 337 g/mol. The fourth-order valence-corrected chi connectivity index (χ4v) is 2.94. The Labute approximate surface area is 135 Å². The largest absolute Gasteiger partial charge is 0.493 e. The molecule has 0 fully saturated rings. The molecule has 0 atom stereocenters. The molecule has 0 saturated carbocycles. The predicted octanol–water partition coefficient (Wildman–Crippen LogP) is 1.48. The third-order valence-electron chi connectivity index (χ3n) is 3.12. The van der Waals surface area contributed by atoms with Crippen LogP contribution in [-0.2, 0) is 4.79 Å². The molecular formula is C15H15NO6S. The molecule has 0 aliphatic rings. The van der Waals surface area contributed by atoms with Gasteiger partial charge in [0.05, 0.1) is 30.9 Å². The van der Waals surface area contributed by atoms with E-state index in [0.717, 1.165) is 11.3 Å². The van der Waals surface area contributed by atoms with Gasteiger partial charge in [0.2, 0.25) is 4.74 Å². The maximum absolute atomic E-state index is 12.3. The van der Waals surface area contributed by atoms with Gasteiger partial charge in [-0.2, -0.15) is 0 Å². The minimum atomic E-state index is -1.01. The van der Waals surface area contributed by atoms with E-state index in [2.05, 4.69) is 5.32 Å². The number of ether oxygens (including phenoxy) is 2. The lowest BCUT2D eigenvalue weighted by molar-refractivity contribution is -0.136. The second-order valence-corrected chi connectivity index (χ2v) is 5.58. The molecule has 1 amide bonds. The minimum Gasteiger partial charge on any atom is -0.493 e. The van der Waals surface area contributed by atoms with E-state index in [4.69, 9.17) is 14.6 Å². The topological polar surface area (TPSA) is 102 Å². The van der Waals surface area contributed by atoms with Gasteiger partial charge in [-0.1, -0.05) is 17.4 Å². The molecule has 122 valence electrons. The number of carboxylic acid groups (broad SMARTS) is 1. The molecule has 1 aromatic carbocycles. The standard InChI is InChI=1S/C15H15NO6S/c1-21-9-4-3-8-7-10(14(19)16-6-5-11(17)18)23-15(20)12(8)13(9)22-2/h3-4,7H,5-6H2,1-2H3,(H,16,19)(H,17,18). The predicted molar refractivity (Wildman–Crippen MR) is 85.8 cm³/mol. The van der Waals surface area contributed by atoms with Crippen LogP contribution in [0.5, 0.6) is 11.5 Å². The summed E-state index contributed by atoms with van der Waals surface area (Å²) in [4.78, 5) is 35.0. The molecule has 8 heteroatoms. The van der Waals surface area contributed by atoms with Crippen LogP contribution in [0.4, 0.5) is 0 Å². The third kappa shape index (κ3) is 3.59. The van der Waals surface area contributed by atoms with Crippen molar-refractivity contribution in [1.82, 2.24) is 5.32 Å². The number of fused-ring (bicyclic) bond motifs is 1. The van der Waals surface area contributed by atoms with Gasteiger partial charge in [0.25, 0.3) is 5.91 Å². The van der Waals surface area contributed by atoms with Crippen molar-refractivity contribution in [2.45, 2.75) is 6.42 Å². The molecule has 2 rings (SSSR count). The lowest BCUT2D eigenvalue weighted by Gasteiger charge is -2.10. The van der Waals surface area contributed by atoms with Crippen LogP contribution >= 0.6 is 11.3 Å². The number of amides is 1. The van der Waals surface area contributed by atoms with E-state index in [1.807, 2.05) is 0 Å². The van der Waals surface area contributed by atoms with Crippen molar-refractivity contribution >= 4 is 34.0 Å². The van der Waals surface area contributed by atoms with E-state index in [9.17, 15) is 14.4 Å². The van der Waals surface area contributed by atoms with Crippen molar-refractivity contribution in [1.29, 1.82) is 0 Å². The Morgan fingerprint density at radius 2 is 2.00 bits per heavy atom. The lowest BCUT2D eigenvalue weighted by Crippen LogP contribution is -2.26. The van der Waals surface area contributed by atoms with E-state index >= 15 is 0 Å². The van der Waals surface area contributed by atoms with Gasteiger partial charge in [-0.05, 0) is 17.5 Å². The van der Waals surface area contributed by atoms with Crippen LogP contribution in [0.3, 0.4) is 0 Å². The van der Waals surface area contributed by atoms with Crippen LogP contribution in [0.2, 0.25) is 0 Å². The Bertz CT molecular complexity index is 813.